The second kappa shape index (κ2) is 14.4. The number of carbonyl (C=O) groups excluding carboxylic acids is 1. The first kappa shape index (κ1) is 26.4. The maximum Gasteiger partial charge on any atom is 0.238 e. The molecule has 0 bridgehead atoms. The summed E-state index contributed by atoms with van der Waals surface area (Å²) in [6, 6.07) is 15.6. The summed E-state index contributed by atoms with van der Waals surface area (Å²) in [5, 5.41) is 9.50. The van der Waals surface area contributed by atoms with Gasteiger partial charge in [0.15, 0.2) is 5.96 Å². The third-order valence-electron chi connectivity index (χ3n) is 4.13. The average Bonchev–Trinajstić information content (AvgIpc) is 2.72. The molecule has 2 aromatic carbocycles. The summed E-state index contributed by atoms with van der Waals surface area (Å²) in [5.74, 6) is 1.46. The monoisotopic (exact) mass is 537 g/mol. The Hall–Kier alpha value is -2.59. The van der Waals surface area contributed by atoms with Crippen LogP contribution in [0.2, 0.25) is 0 Å². The maximum atomic E-state index is 11.9. The lowest BCUT2D eigenvalue weighted by Crippen LogP contribution is -2.36. The molecule has 0 spiro atoms. The number of anilines is 1. The Morgan fingerprint density at radius 2 is 1.87 bits per heavy atom. The normalized spacial score (nSPS) is 10.8. The van der Waals surface area contributed by atoms with E-state index in [2.05, 4.69) is 27.5 Å². The van der Waals surface area contributed by atoms with Gasteiger partial charge in [0.25, 0.3) is 0 Å². The summed E-state index contributed by atoms with van der Waals surface area (Å²) in [5.41, 5.74) is 2.85. The molecule has 3 N–H and O–H groups in total. The zero-order chi connectivity index (χ0) is 21.8. The van der Waals surface area contributed by atoms with E-state index in [1.807, 2.05) is 67.5 Å². The van der Waals surface area contributed by atoms with Crippen LogP contribution in [0.3, 0.4) is 0 Å². The Morgan fingerprint density at radius 3 is 2.58 bits per heavy atom. The Morgan fingerprint density at radius 1 is 1.13 bits per heavy atom. The minimum Gasteiger partial charge on any atom is -0.489 e. The van der Waals surface area contributed by atoms with E-state index in [0.29, 0.717) is 32.2 Å². The number of nitrogens with zero attached hydrogens (tertiary/aromatic N) is 2. The van der Waals surface area contributed by atoms with Crippen molar-refractivity contribution in [2.45, 2.75) is 13.1 Å². The van der Waals surface area contributed by atoms with Gasteiger partial charge in [0.1, 0.15) is 12.4 Å². The van der Waals surface area contributed by atoms with Gasteiger partial charge in [-0.15, -0.1) is 24.0 Å². The number of amides is 1. The van der Waals surface area contributed by atoms with E-state index in [4.69, 9.17) is 4.74 Å². The Labute approximate surface area is 202 Å². The van der Waals surface area contributed by atoms with E-state index in [1.165, 1.54) is 0 Å². The number of para-hydroxylation sites is 1. The van der Waals surface area contributed by atoms with Gasteiger partial charge in [0.2, 0.25) is 5.91 Å². The number of hydrogen-bond donors (Lipinski definition) is 3. The van der Waals surface area contributed by atoms with Gasteiger partial charge < -0.3 is 25.6 Å². The van der Waals surface area contributed by atoms with E-state index >= 15 is 0 Å². The van der Waals surface area contributed by atoms with Crippen LogP contribution in [-0.2, 0) is 17.9 Å². The number of guanidine groups is 1. The summed E-state index contributed by atoms with van der Waals surface area (Å²) < 4.78 is 5.69. The summed E-state index contributed by atoms with van der Waals surface area (Å²) in [4.78, 5) is 18.1. The smallest absolute Gasteiger partial charge is 0.238 e. The Balaban J connectivity index is 0.00000480. The number of likely N-dealkylation sites (N-methyl/N-ethyl adjacent to an activating group) is 1. The minimum absolute atomic E-state index is 0. The van der Waals surface area contributed by atoms with Crippen LogP contribution in [0.5, 0.6) is 5.75 Å². The van der Waals surface area contributed by atoms with E-state index in [0.717, 1.165) is 22.6 Å². The molecular weight excluding hydrogens is 505 g/mol. The van der Waals surface area contributed by atoms with Crippen molar-refractivity contribution in [2.24, 2.45) is 4.99 Å². The van der Waals surface area contributed by atoms with Crippen molar-refractivity contribution in [1.82, 2.24) is 15.5 Å². The van der Waals surface area contributed by atoms with Gasteiger partial charge in [-0.25, -0.2) is 0 Å². The van der Waals surface area contributed by atoms with Crippen molar-refractivity contribution in [2.75, 3.05) is 39.6 Å². The highest BCUT2D eigenvalue weighted by Crippen LogP contribution is 2.17. The van der Waals surface area contributed by atoms with Gasteiger partial charge in [0, 0.05) is 31.4 Å². The molecule has 0 aliphatic carbocycles. The van der Waals surface area contributed by atoms with E-state index < -0.39 is 0 Å². The Kier molecular flexibility index (Phi) is 12.3. The lowest BCUT2D eigenvalue weighted by Gasteiger charge is -2.15. The van der Waals surface area contributed by atoms with Gasteiger partial charge in [-0.3, -0.25) is 9.79 Å². The number of halogens is 1. The molecule has 168 valence electrons. The molecular formula is C23H32IN5O2. The molecule has 0 saturated heterocycles. The molecule has 0 radical (unpaired) electrons. The van der Waals surface area contributed by atoms with E-state index in [-0.39, 0.29) is 29.9 Å². The van der Waals surface area contributed by atoms with Gasteiger partial charge in [0.05, 0.1) is 6.54 Å². The molecule has 0 atom stereocenters. The number of rotatable bonds is 10. The zero-order valence-electron chi connectivity index (χ0n) is 18.4. The van der Waals surface area contributed by atoms with Crippen LogP contribution in [0, 0.1) is 0 Å². The number of carbonyl (C=O) groups is 1. The summed E-state index contributed by atoms with van der Waals surface area (Å²) in [7, 11) is 5.46. The van der Waals surface area contributed by atoms with Crippen LogP contribution >= 0.6 is 24.0 Å². The van der Waals surface area contributed by atoms with Crippen molar-refractivity contribution in [3.8, 4) is 5.75 Å². The van der Waals surface area contributed by atoms with Gasteiger partial charge in [-0.1, -0.05) is 43.0 Å². The van der Waals surface area contributed by atoms with Crippen LogP contribution in [0.15, 0.2) is 66.2 Å². The lowest BCUT2D eigenvalue weighted by molar-refractivity contribution is -0.116. The molecule has 8 heteroatoms. The van der Waals surface area contributed by atoms with Crippen LogP contribution in [0.25, 0.3) is 0 Å². The standard InChI is InChI=1S/C23H31N5O2.HI/c1-5-13-30-21-12-7-6-10-19(21)16-26-23(24-2)25-15-18-9-8-11-20(14-18)27-22(29)17-28(3)4;/h5-12,14H,1,13,15-17H2,2-4H3,(H,27,29)(H2,24,25,26);1H. The highest BCUT2D eigenvalue weighted by molar-refractivity contribution is 14.0. The van der Waals surface area contributed by atoms with Gasteiger partial charge in [-0.05, 0) is 37.9 Å². The van der Waals surface area contributed by atoms with Crippen molar-refractivity contribution >= 4 is 41.5 Å². The number of aliphatic imine (C=N–C) groups is 1. The maximum absolute atomic E-state index is 11.9. The third-order valence-corrected chi connectivity index (χ3v) is 4.13. The fraction of sp³-hybridized carbons (Fsp3) is 0.304. The Bertz CT molecular complexity index is 871. The second-order valence-electron chi connectivity index (χ2n) is 6.97. The summed E-state index contributed by atoms with van der Waals surface area (Å²) in [6.07, 6.45) is 1.72. The van der Waals surface area contributed by atoms with E-state index in [9.17, 15) is 4.79 Å². The molecule has 0 aromatic heterocycles. The molecule has 1 amide bonds. The quantitative estimate of drug-likeness (QED) is 0.188. The minimum atomic E-state index is -0.0417. The van der Waals surface area contributed by atoms with Crippen molar-refractivity contribution < 1.29 is 9.53 Å². The topological polar surface area (TPSA) is 78.0 Å². The first-order chi connectivity index (χ1) is 14.5. The molecule has 2 aromatic rings. The van der Waals surface area contributed by atoms with Crippen LogP contribution in [-0.4, -0.2) is 51.1 Å². The number of nitrogens with one attached hydrogen (secondary N) is 3. The van der Waals surface area contributed by atoms with Crippen LogP contribution < -0.4 is 20.7 Å². The zero-order valence-corrected chi connectivity index (χ0v) is 20.7. The molecule has 2 rings (SSSR count). The fourth-order valence-electron chi connectivity index (χ4n) is 2.77. The number of ether oxygens (including phenoxy) is 1. The summed E-state index contributed by atoms with van der Waals surface area (Å²) in [6.45, 7) is 5.65. The first-order valence-electron chi connectivity index (χ1n) is 9.81. The number of hydrogen-bond acceptors (Lipinski definition) is 4. The highest BCUT2D eigenvalue weighted by atomic mass is 127. The predicted octanol–water partition coefficient (Wildman–Crippen LogP) is 3.23. The average molecular weight is 537 g/mol. The molecule has 0 unspecified atom stereocenters. The SMILES string of the molecule is C=CCOc1ccccc1CNC(=NC)NCc1cccc(NC(=O)CN(C)C)c1.I. The van der Waals surface area contributed by atoms with Crippen molar-refractivity contribution in [1.29, 1.82) is 0 Å². The van der Waals surface area contributed by atoms with Crippen molar-refractivity contribution in [3.63, 3.8) is 0 Å². The van der Waals surface area contributed by atoms with Crippen LogP contribution in [0.4, 0.5) is 5.69 Å². The molecule has 7 nitrogen and oxygen atoms in total. The third kappa shape index (κ3) is 9.84. The predicted molar refractivity (Wildman–Crippen MR) is 138 cm³/mol. The molecule has 0 aliphatic heterocycles. The molecule has 0 heterocycles. The van der Waals surface area contributed by atoms with Gasteiger partial charge >= 0.3 is 0 Å². The summed E-state index contributed by atoms with van der Waals surface area (Å²) >= 11 is 0. The van der Waals surface area contributed by atoms with Gasteiger partial charge in [-0.2, -0.15) is 0 Å². The molecule has 31 heavy (non-hydrogen) atoms. The van der Waals surface area contributed by atoms with Crippen LogP contribution in [0.1, 0.15) is 11.1 Å². The molecule has 0 fully saturated rings. The fourth-order valence-corrected chi connectivity index (χ4v) is 2.77. The second-order valence-corrected chi connectivity index (χ2v) is 6.97. The number of benzene rings is 2. The largest absolute Gasteiger partial charge is 0.489 e. The molecule has 0 aliphatic rings. The first-order valence-corrected chi connectivity index (χ1v) is 9.81. The van der Waals surface area contributed by atoms with Crippen molar-refractivity contribution in [3.05, 3.63) is 72.3 Å². The highest BCUT2D eigenvalue weighted by Gasteiger charge is 2.06. The lowest BCUT2D eigenvalue weighted by atomic mass is 10.2. The van der Waals surface area contributed by atoms with E-state index in [1.54, 1.807) is 13.1 Å². The molecule has 0 saturated carbocycles.